The number of nitrogens with one attached hydrogen (secondary N) is 1. The lowest BCUT2D eigenvalue weighted by Gasteiger charge is -2.06. The molecule has 0 amide bonds. The van der Waals surface area contributed by atoms with Crippen molar-refractivity contribution in [1.29, 1.82) is 0 Å². The van der Waals surface area contributed by atoms with Crippen molar-refractivity contribution in [2.75, 3.05) is 18.1 Å². The molecule has 0 heterocycles. The molecule has 0 fully saturated rings. The fraction of sp³-hybridized carbons (Fsp3) is 0.385. The van der Waals surface area contributed by atoms with Crippen molar-refractivity contribution in [2.24, 2.45) is 0 Å². The van der Waals surface area contributed by atoms with Gasteiger partial charge in [-0.15, -0.1) is 18.2 Å². The summed E-state index contributed by atoms with van der Waals surface area (Å²) in [5.41, 5.74) is 0.954. The maximum absolute atomic E-state index is 12.4. The van der Waals surface area contributed by atoms with Gasteiger partial charge in [-0.05, 0) is 11.6 Å². The lowest BCUT2D eigenvalue weighted by atomic mass is 10.1. The quantitative estimate of drug-likeness (QED) is 0.593. The van der Waals surface area contributed by atoms with Crippen LogP contribution in [0.15, 0.2) is 24.3 Å². The normalized spacial score (nSPS) is 10.5. The minimum Gasteiger partial charge on any atom is -0.312 e. The van der Waals surface area contributed by atoms with Gasteiger partial charge in [0.1, 0.15) is 0 Å². The van der Waals surface area contributed by atoms with E-state index in [0.717, 1.165) is 17.9 Å². The van der Waals surface area contributed by atoms with Gasteiger partial charge in [-0.3, -0.25) is 0 Å². The number of hydrogen-bond acceptors (Lipinski definition) is 2. The fourth-order valence-corrected chi connectivity index (χ4v) is 1.90. The topological polar surface area (TPSA) is 12.0 Å². The van der Waals surface area contributed by atoms with E-state index in [4.69, 9.17) is 6.42 Å². The first-order chi connectivity index (χ1) is 8.24. The first-order valence-electron chi connectivity index (χ1n) is 5.33. The van der Waals surface area contributed by atoms with Gasteiger partial charge in [0.2, 0.25) is 0 Å². The number of alkyl halides is 2. The predicted molar refractivity (Wildman–Crippen MR) is 69.3 cm³/mol. The molecule has 0 saturated heterocycles. The van der Waals surface area contributed by atoms with Crippen LogP contribution in [-0.4, -0.2) is 18.1 Å². The molecule has 1 nitrogen and oxygen atoms in total. The summed E-state index contributed by atoms with van der Waals surface area (Å²) in [5, 5.41) is 3.19. The monoisotopic (exact) mass is 255 g/mol. The number of hydrogen-bond donors (Lipinski definition) is 1. The molecule has 0 radical (unpaired) electrons. The SMILES string of the molecule is C#CCSCCNCc1cccc(C(F)F)c1. The van der Waals surface area contributed by atoms with Crippen LogP contribution in [0.1, 0.15) is 17.6 Å². The molecule has 4 heteroatoms. The largest absolute Gasteiger partial charge is 0.312 e. The number of halogens is 2. The van der Waals surface area contributed by atoms with E-state index in [-0.39, 0.29) is 5.56 Å². The van der Waals surface area contributed by atoms with Gasteiger partial charge in [0.25, 0.3) is 6.43 Å². The maximum Gasteiger partial charge on any atom is 0.263 e. The highest BCUT2D eigenvalue weighted by atomic mass is 32.2. The summed E-state index contributed by atoms with van der Waals surface area (Å²) in [5.74, 6) is 4.19. The second-order valence-corrected chi connectivity index (χ2v) is 4.58. The fourth-order valence-electron chi connectivity index (χ4n) is 1.35. The van der Waals surface area contributed by atoms with E-state index < -0.39 is 6.43 Å². The Balaban J connectivity index is 2.27. The van der Waals surface area contributed by atoms with Crippen molar-refractivity contribution in [3.63, 3.8) is 0 Å². The van der Waals surface area contributed by atoms with Crippen LogP contribution in [0.4, 0.5) is 8.78 Å². The van der Waals surface area contributed by atoms with Gasteiger partial charge in [-0.25, -0.2) is 8.78 Å². The average molecular weight is 255 g/mol. The average Bonchev–Trinajstić information content (AvgIpc) is 2.34. The summed E-state index contributed by atoms with van der Waals surface area (Å²) in [6.07, 6.45) is 2.72. The highest BCUT2D eigenvalue weighted by Crippen LogP contribution is 2.19. The minimum atomic E-state index is -2.40. The zero-order valence-electron chi connectivity index (χ0n) is 9.46. The molecule has 1 aromatic carbocycles. The van der Waals surface area contributed by atoms with Crippen molar-refractivity contribution >= 4 is 11.8 Å². The third-order valence-electron chi connectivity index (χ3n) is 2.14. The van der Waals surface area contributed by atoms with Crippen molar-refractivity contribution < 1.29 is 8.78 Å². The van der Waals surface area contributed by atoms with E-state index in [0.29, 0.717) is 12.3 Å². The Bertz CT molecular complexity index is 374. The Hall–Kier alpha value is -1.05. The zero-order chi connectivity index (χ0) is 12.5. The van der Waals surface area contributed by atoms with Crippen LogP contribution in [0.25, 0.3) is 0 Å². The van der Waals surface area contributed by atoms with Gasteiger partial charge < -0.3 is 5.32 Å². The molecular formula is C13H15F2NS. The Morgan fingerprint density at radius 1 is 1.41 bits per heavy atom. The first-order valence-corrected chi connectivity index (χ1v) is 6.48. The molecule has 0 unspecified atom stereocenters. The van der Waals surface area contributed by atoms with Crippen LogP contribution >= 0.6 is 11.8 Å². The van der Waals surface area contributed by atoms with E-state index in [2.05, 4.69) is 11.2 Å². The van der Waals surface area contributed by atoms with Crippen LogP contribution < -0.4 is 5.32 Å². The van der Waals surface area contributed by atoms with Gasteiger partial charge in [0, 0.05) is 24.4 Å². The molecule has 0 aliphatic rings. The molecular weight excluding hydrogens is 240 g/mol. The Morgan fingerprint density at radius 2 is 2.24 bits per heavy atom. The maximum atomic E-state index is 12.4. The summed E-state index contributed by atoms with van der Waals surface area (Å²) in [7, 11) is 0. The van der Waals surface area contributed by atoms with E-state index in [9.17, 15) is 8.78 Å². The minimum absolute atomic E-state index is 0.0750. The standard InChI is InChI=1S/C13H15F2NS/c1-2-7-17-8-6-16-10-11-4-3-5-12(9-11)13(14)15/h1,3-5,9,13,16H,6-8,10H2. The van der Waals surface area contributed by atoms with Gasteiger partial charge in [-0.2, -0.15) is 0 Å². The van der Waals surface area contributed by atoms with Crippen molar-refractivity contribution in [1.82, 2.24) is 5.32 Å². The van der Waals surface area contributed by atoms with Crippen molar-refractivity contribution in [3.8, 4) is 12.3 Å². The predicted octanol–water partition coefficient (Wildman–Crippen LogP) is 3.08. The lowest BCUT2D eigenvalue weighted by Crippen LogP contribution is -2.16. The number of rotatable bonds is 7. The van der Waals surface area contributed by atoms with Gasteiger partial charge in [0.15, 0.2) is 0 Å². The second kappa shape index (κ2) is 8.10. The number of thioether (sulfide) groups is 1. The van der Waals surface area contributed by atoms with Gasteiger partial charge >= 0.3 is 0 Å². The van der Waals surface area contributed by atoms with E-state index in [1.807, 2.05) is 6.07 Å². The van der Waals surface area contributed by atoms with Gasteiger partial charge in [0.05, 0.1) is 5.75 Å². The van der Waals surface area contributed by atoms with Crippen LogP contribution in [0.3, 0.4) is 0 Å². The Morgan fingerprint density at radius 3 is 2.94 bits per heavy atom. The molecule has 1 N–H and O–H groups in total. The van der Waals surface area contributed by atoms with E-state index in [1.54, 1.807) is 17.8 Å². The Kier molecular flexibility index (Phi) is 6.68. The highest BCUT2D eigenvalue weighted by molar-refractivity contribution is 7.99. The molecule has 0 aromatic heterocycles. The van der Waals surface area contributed by atoms with Crippen LogP contribution in [0.2, 0.25) is 0 Å². The van der Waals surface area contributed by atoms with Crippen molar-refractivity contribution in [2.45, 2.75) is 13.0 Å². The summed E-state index contributed by atoms with van der Waals surface area (Å²) in [4.78, 5) is 0. The smallest absolute Gasteiger partial charge is 0.263 e. The highest BCUT2D eigenvalue weighted by Gasteiger charge is 2.06. The van der Waals surface area contributed by atoms with Crippen LogP contribution in [-0.2, 0) is 6.54 Å². The molecule has 0 bridgehead atoms. The molecule has 0 spiro atoms. The number of benzene rings is 1. The molecule has 0 aliphatic heterocycles. The van der Waals surface area contributed by atoms with Gasteiger partial charge in [-0.1, -0.05) is 24.1 Å². The number of terminal acetylenes is 1. The molecule has 1 rings (SSSR count). The summed E-state index contributed by atoms with van der Waals surface area (Å²) in [6, 6.07) is 6.47. The summed E-state index contributed by atoms with van der Waals surface area (Å²) >= 11 is 1.68. The summed E-state index contributed by atoms with van der Waals surface area (Å²) in [6.45, 7) is 1.43. The molecule has 17 heavy (non-hydrogen) atoms. The van der Waals surface area contributed by atoms with Crippen LogP contribution in [0.5, 0.6) is 0 Å². The first kappa shape index (κ1) is 14.0. The Labute approximate surface area is 105 Å². The van der Waals surface area contributed by atoms with E-state index >= 15 is 0 Å². The van der Waals surface area contributed by atoms with Crippen molar-refractivity contribution in [3.05, 3.63) is 35.4 Å². The summed E-state index contributed by atoms with van der Waals surface area (Å²) < 4.78 is 24.9. The third kappa shape index (κ3) is 5.71. The molecule has 0 atom stereocenters. The molecule has 0 saturated carbocycles. The molecule has 1 aromatic rings. The molecule has 0 aliphatic carbocycles. The zero-order valence-corrected chi connectivity index (χ0v) is 10.3. The molecule has 92 valence electrons. The second-order valence-electron chi connectivity index (χ2n) is 3.48. The van der Waals surface area contributed by atoms with Crippen LogP contribution in [0, 0.1) is 12.3 Å². The third-order valence-corrected chi connectivity index (χ3v) is 3.00. The van der Waals surface area contributed by atoms with E-state index in [1.165, 1.54) is 12.1 Å². The lowest BCUT2D eigenvalue weighted by molar-refractivity contribution is 0.151.